The van der Waals surface area contributed by atoms with Crippen LogP contribution in [0.5, 0.6) is 5.75 Å². The largest absolute Gasteiger partial charge is 0.505 e. The molecule has 0 unspecified atom stereocenters. The van der Waals surface area contributed by atoms with Crippen molar-refractivity contribution >= 4 is 16.8 Å². The summed E-state index contributed by atoms with van der Waals surface area (Å²) < 4.78 is 0. The van der Waals surface area contributed by atoms with Crippen molar-refractivity contribution in [3.05, 3.63) is 71.4 Å². The summed E-state index contributed by atoms with van der Waals surface area (Å²) in [6, 6.07) is 15.3. The van der Waals surface area contributed by atoms with Crippen molar-refractivity contribution in [3.8, 4) is 5.75 Å². The molecule has 0 aliphatic heterocycles. The first-order valence-corrected chi connectivity index (χ1v) is 7.55. The number of hydrogen-bond donors (Lipinski definition) is 2. The van der Waals surface area contributed by atoms with Crippen LogP contribution < -0.4 is 5.32 Å². The molecule has 0 saturated carbocycles. The summed E-state index contributed by atoms with van der Waals surface area (Å²) >= 11 is 0. The van der Waals surface area contributed by atoms with Crippen molar-refractivity contribution in [2.45, 2.75) is 20.8 Å². The Kier molecular flexibility index (Phi) is 5.53. The second kappa shape index (κ2) is 7.59. The van der Waals surface area contributed by atoms with Gasteiger partial charge in [-0.3, -0.25) is 9.78 Å². The number of aromatic hydroxyl groups is 1. The molecule has 3 rings (SSSR count). The Labute approximate surface area is 142 Å². The summed E-state index contributed by atoms with van der Waals surface area (Å²) in [6.45, 7) is 2.56. The average Bonchev–Trinajstić information content (AvgIpc) is 2.57. The summed E-state index contributed by atoms with van der Waals surface area (Å²) in [4.78, 5) is 16.4. The molecule has 124 valence electrons. The van der Waals surface area contributed by atoms with Crippen LogP contribution in [0.3, 0.4) is 0 Å². The number of fused-ring (bicyclic) bond motifs is 1. The van der Waals surface area contributed by atoms with Crippen LogP contribution in [-0.4, -0.2) is 22.5 Å². The molecule has 0 atom stereocenters. The minimum absolute atomic E-state index is 0. The highest BCUT2D eigenvalue weighted by molar-refractivity contribution is 6.02. The fraction of sp³-hybridized carbons (Fsp3) is 0.200. The van der Waals surface area contributed by atoms with E-state index in [1.54, 1.807) is 24.4 Å². The Morgan fingerprint density at radius 3 is 2.62 bits per heavy atom. The summed E-state index contributed by atoms with van der Waals surface area (Å²) in [6.07, 6.45) is 2.35. The van der Waals surface area contributed by atoms with Crippen molar-refractivity contribution in [1.82, 2.24) is 10.3 Å². The SMILES string of the molecule is C.Cc1ccc(CCNC(=O)c2ccc3cccnc3c2O)cc1. The number of aromatic nitrogens is 1. The molecular formula is C20H22N2O2. The first kappa shape index (κ1) is 17.5. The van der Waals surface area contributed by atoms with E-state index in [1.807, 2.05) is 13.0 Å². The van der Waals surface area contributed by atoms with Crippen molar-refractivity contribution in [2.75, 3.05) is 6.54 Å². The third kappa shape index (κ3) is 3.71. The lowest BCUT2D eigenvalue weighted by Gasteiger charge is -2.09. The van der Waals surface area contributed by atoms with Gasteiger partial charge in [-0.05, 0) is 31.0 Å². The minimum atomic E-state index is -0.290. The van der Waals surface area contributed by atoms with E-state index in [0.717, 1.165) is 11.8 Å². The van der Waals surface area contributed by atoms with E-state index in [9.17, 15) is 9.90 Å². The summed E-state index contributed by atoms with van der Waals surface area (Å²) in [5, 5.41) is 13.9. The number of carbonyl (C=O) groups is 1. The van der Waals surface area contributed by atoms with Gasteiger partial charge >= 0.3 is 0 Å². The molecule has 3 aromatic rings. The zero-order chi connectivity index (χ0) is 16.2. The number of phenolic OH excluding ortho intramolecular Hbond substituents is 1. The minimum Gasteiger partial charge on any atom is -0.505 e. The van der Waals surface area contributed by atoms with E-state index < -0.39 is 0 Å². The number of nitrogens with one attached hydrogen (secondary N) is 1. The number of hydrogen-bond acceptors (Lipinski definition) is 3. The number of pyridine rings is 1. The monoisotopic (exact) mass is 322 g/mol. The van der Waals surface area contributed by atoms with Gasteiger partial charge in [0, 0.05) is 18.1 Å². The summed E-state index contributed by atoms with van der Waals surface area (Å²) in [5.41, 5.74) is 3.07. The van der Waals surface area contributed by atoms with E-state index in [-0.39, 0.29) is 24.6 Å². The second-order valence-corrected chi connectivity index (χ2v) is 5.53. The lowest BCUT2D eigenvalue weighted by molar-refractivity contribution is 0.0951. The number of benzene rings is 2. The van der Waals surface area contributed by atoms with Gasteiger partial charge in [-0.1, -0.05) is 49.4 Å². The maximum atomic E-state index is 12.3. The number of rotatable bonds is 4. The van der Waals surface area contributed by atoms with E-state index in [0.29, 0.717) is 12.1 Å². The van der Waals surface area contributed by atoms with E-state index in [2.05, 4.69) is 34.6 Å². The topological polar surface area (TPSA) is 62.2 Å². The van der Waals surface area contributed by atoms with Gasteiger partial charge in [-0.25, -0.2) is 0 Å². The molecule has 4 nitrogen and oxygen atoms in total. The highest BCUT2D eigenvalue weighted by Gasteiger charge is 2.14. The molecule has 2 aromatic carbocycles. The molecule has 4 heteroatoms. The normalized spacial score (nSPS) is 10.2. The Morgan fingerprint density at radius 2 is 1.88 bits per heavy atom. The van der Waals surface area contributed by atoms with Gasteiger partial charge in [0.05, 0.1) is 5.56 Å². The van der Waals surface area contributed by atoms with Gasteiger partial charge < -0.3 is 10.4 Å². The van der Waals surface area contributed by atoms with Crippen LogP contribution in [0.15, 0.2) is 54.7 Å². The predicted octanol–water partition coefficient (Wildman–Crippen LogP) is 3.86. The van der Waals surface area contributed by atoms with Crippen LogP contribution in [0.4, 0.5) is 0 Å². The first-order valence-electron chi connectivity index (χ1n) is 7.55. The van der Waals surface area contributed by atoms with Crippen molar-refractivity contribution in [3.63, 3.8) is 0 Å². The van der Waals surface area contributed by atoms with Crippen LogP contribution in [0, 0.1) is 6.92 Å². The van der Waals surface area contributed by atoms with Crippen molar-refractivity contribution < 1.29 is 9.90 Å². The fourth-order valence-corrected chi connectivity index (χ4v) is 2.48. The zero-order valence-electron chi connectivity index (χ0n) is 12.9. The van der Waals surface area contributed by atoms with Crippen LogP contribution in [0.2, 0.25) is 0 Å². The highest BCUT2D eigenvalue weighted by atomic mass is 16.3. The number of amides is 1. The van der Waals surface area contributed by atoms with Crippen LogP contribution >= 0.6 is 0 Å². The summed E-state index contributed by atoms with van der Waals surface area (Å²) in [5.74, 6) is -0.363. The average molecular weight is 322 g/mol. The molecule has 0 aliphatic rings. The molecule has 0 fully saturated rings. The molecule has 1 heterocycles. The molecule has 0 spiro atoms. The fourth-order valence-electron chi connectivity index (χ4n) is 2.48. The highest BCUT2D eigenvalue weighted by Crippen LogP contribution is 2.26. The zero-order valence-corrected chi connectivity index (χ0v) is 12.9. The lowest BCUT2D eigenvalue weighted by atomic mass is 10.1. The van der Waals surface area contributed by atoms with Crippen LogP contribution in [0.25, 0.3) is 10.9 Å². The molecular weight excluding hydrogens is 300 g/mol. The quantitative estimate of drug-likeness (QED) is 0.767. The maximum absolute atomic E-state index is 12.3. The molecule has 0 saturated heterocycles. The molecule has 1 amide bonds. The van der Waals surface area contributed by atoms with Gasteiger partial charge in [0.15, 0.2) is 5.75 Å². The van der Waals surface area contributed by atoms with Gasteiger partial charge in [-0.2, -0.15) is 0 Å². The maximum Gasteiger partial charge on any atom is 0.255 e. The van der Waals surface area contributed by atoms with E-state index >= 15 is 0 Å². The van der Waals surface area contributed by atoms with Crippen LogP contribution in [0.1, 0.15) is 28.9 Å². The van der Waals surface area contributed by atoms with Crippen molar-refractivity contribution in [2.24, 2.45) is 0 Å². The number of phenols is 1. The molecule has 0 bridgehead atoms. The van der Waals surface area contributed by atoms with Crippen molar-refractivity contribution in [1.29, 1.82) is 0 Å². The third-order valence-corrected chi connectivity index (χ3v) is 3.81. The second-order valence-electron chi connectivity index (χ2n) is 5.53. The Hall–Kier alpha value is -2.88. The van der Waals surface area contributed by atoms with Crippen LogP contribution in [-0.2, 0) is 6.42 Å². The summed E-state index contributed by atoms with van der Waals surface area (Å²) in [7, 11) is 0. The first-order chi connectivity index (χ1) is 11.1. The molecule has 0 radical (unpaired) electrons. The third-order valence-electron chi connectivity index (χ3n) is 3.81. The predicted molar refractivity (Wildman–Crippen MR) is 97.4 cm³/mol. The molecule has 2 N–H and O–H groups in total. The number of aryl methyl sites for hydroxylation is 1. The Bertz CT molecular complexity index is 842. The Balaban J connectivity index is 0.00000208. The molecule has 1 aromatic heterocycles. The number of nitrogens with zero attached hydrogens (tertiary/aromatic N) is 1. The number of carbonyl (C=O) groups excluding carboxylic acids is 1. The van der Waals surface area contributed by atoms with Gasteiger partial charge in [-0.15, -0.1) is 0 Å². The smallest absolute Gasteiger partial charge is 0.255 e. The van der Waals surface area contributed by atoms with Gasteiger partial charge in [0.1, 0.15) is 5.52 Å². The van der Waals surface area contributed by atoms with Gasteiger partial charge in [0.2, 0.25) is 0 Å². The molecule has 0 aliphatic carbocycles. The standard InChI is InChI=1S/C19H18N2O2.CH4/c1-13-4-6-14(7-5-13)10-12-21-19(23)16-9-8-15-3-2-11-20-17(15)18(16)22;/h2-9,11,22H,10,12H2,1H3,(H,21,23);1H4. The Morgan fingerprint density at radius 1 is 1.12 bits per heavy atom. The van der Waals surface area contributed by atoms with E-state index in [4.69, 9.17) is 0 Å². The molecule has 24 heavy (non-hydrogen) atoms. The van der Waals surface area contributed by atoms with E-state index in [1.165, 1.54) is 11.1 Å². The lowest BCUT2D eigenvalue weighted by Crippen LogP contribution is -2.25. The van der Waals surface area contributed by atoms with Gasteiger partial charge in [0.25, 0.3) is 5.91 Å².